The normalized spacial score (nSPS) is 26.4. The molecule has 2 rings (SSSR count). The summed E-state index contributed by atoms with van der Waals surface area (Å²) in [5, 5.41) is 7.83. The minimum absolute atomic E-state index is 0.750. The van der Waals surface area contributed by atoms with Gasteiger partial charge in [0.1, 0.15) is 0 Å². The van der Waals surface area contributed by atoms with Crippen LogP contribution in [0.25, 0.3) is 0 Å². The van der Waals surface area contributed by atoms with Crippen molar-refractivity contribution < 1.29 is 0 Å². The summed E-state index contributed by atoms with van der Waals surface area (Å²) in [7, 11) is 1.97. The van der Waals surface area contributed by atoms with Gasteiger partial charge in [0.05, 0.1) is 5.69 Å². The molecular formula is C10H17N3. The molecule has 3 nitrogen and oxygen atoms in total. The van der Waals surface area contributed by atoms with Gasteiger partial charge in [-0.05, 0) is 19.3 Å². The van der Waals surface area contributed by atoms with Crippen LogP contribution in [0.4, 0.5) is 0 Å². The Morgan fingerprint density at radius 2 is 2.38 bits per heavy atom. The molecule has 0 saturated heterocycles. The maximum atomic E-state index is 4.31. The van der Waals surface area contributed by atoms with Gasteiger partial charge in [-0.2, -0.15) is 5.10 Å². The third-order valence-corrected chi connectivity index (χ3v) is 2.78. The molecule has 1 aliphatic carbocycles. The Morgan fingerprint density at radius 3 is 2.85 bits per heavy atom. The second-order valence-electron chi connectivity index (χ2n) is 4.11. The Labute approximate surface area is 79.1 Å². The van der Waals surface area contributed by atoms with Crippen molar-refractivity contribution in [3.05, 3.63) is 17.5 Å². The van der Waals surface area contributed by atoms with E-state index in [9.17, 15) is 0 Å². The van der Waals surface area contributed by atoms with Crippen LogP contribution in [-0.2, 0) is 13.6 Å². The number of rotatable bonds is 3. The molecule has 13 heavy (non-hydrogen) atoms. The van der Waals surface area contributed by atoms with E-state index in [1.807, 2.05) is 11.7 Å². The van der Waals surface area contributed by atoms with Crippen molar-refractivity contribution in [2.45, 2.75) is 32.9 Å². The van der Waals surface area contributed by atoms with E-state index < -0.39 is 0 Å². The molecule has 1 fully saturated rings. The van der Waals surface area contributed by atoms with E-state index in [1.54, 1.807) is 0 Å². The molecule has 0 spiro atoms. The lowest BCUT2D eigenvalue weighted by Gasteiger charge is -2.00. The van der Waals surface area contributed by atoms with Gasteiger partial charge in [0.25, 0.3) is 0 Å². The number of aromatic nitrogens is 2. The largest absolute Gasteiger partial charge is 0.310 e. The van der Waals surface area contributed by atoms with Crippen LogP contribution in [0.3, 0.4) is 0 Å². The van der Waals surface area contributed by atoms with Gasteiger partial charge in [0.15, 0.2) is 0 Å². The average molecular weight is 179 g/mol. The summed E-state index contributed by atoms with van der Waals surface area (Å²) in [5.41, 5.74) is 2.46. The lowest BCUT2D eigenvalue weighted by atomic mass is 10.2. The Bertz CT molecular complexity index is 303. The summed E-state index contributed by atoms with van der Waals surface area (Å²) in [5.74, 6) is 0.872. The van der Waals surface area contributed by atoms with E-state index in [1.165, 1.54) is 12.0 Å². The molecule has 1 heterocycles. The fourth-order valence-electron chi connectivity index (χ4n) is 1.67. The molecule has 72 valence electrons. The molecule has 2 unspecified atom stereocenters. The zero-order valence-corrected chi connectivity index (χ0v) is 8.54. The quantitative estimate of drug-likeness (QED) is 0.756. The maximum Gasteiger partial charge on any atom is 0.0638 e. The first kappa shape index (κ1) is 8.75. The highest BCUT2D eigenvalue weighted by atomic mass is 15.3. The SMILES string of the molecule is Cc1nn(C)cc1CNC1CC1C. The van der Waals surface area contributed by atoms with Gasteiger partial charge in [-0.15, -0.1) is 0 Å². The lowest BCUT2D eigenvalue weighted by Crippen LogP contribution is -2.17. The predicted octanol–water partition coefficient (Wildman–Crippen LogP) is 1.23. The number of nitrogens with one attached hydrogen (secondary N) is 1. The zero-order valence-electron chi connectivity index (χ0n) is 8.54. The highest BCUT2D eigenvalue weighted by Crippen LogP contribution is 2.29. The van der Waals surface area contributed by atoms with Crippen LogP contribution in [0.1, 0.15) is 24.6 Å². The third kappa shape index (κ3) is 1.91. The number of hydrogen-bond acceptors (Lipinski definition) is 2. The molecule has 1 saturated carbocycles. The highest BCUT2D eigenvalue weighted by molar-refractivity contribution is 5.15. The summed E-state index contributed by atoms with van der Waals surface area (Å²) < 4.78 is 1.88. The van der Waals surface area contributed by atoms with Gasteiger partial charge >= 0.3 is 0 Å². The van der Waals surface area contributed by atoms with Crippen LogP contribution >= 0.6 is 0 Å². The zero-order chi connectivity index (χ0) is 9.42. The molecule has 2 atom stereocenters. The standard InChI is InChI=1S/C10H17N3/c1-7-4-10(7)11-5-9-6-13(3)12-8(9)2/h6-7,10-11H,4-5H2,1-3H3. The first-order valence-electron chi connectivity index (χ1n) is 4.89. The van der Waals surface area contributed by atoms with Gasteiger partial charge < -0.3 is 5.32 Å². The average Bonchev–Trinajstić information content (AvgIpc) is 2.65. The van der Waals surface area contributed by atoms with E-state index >= 15 is 0 Å². The third-order valence-electron chi connectivity index (χ3n) is 2.78. The lowest BCUT2D eigenvalue weighted by molar-refractivity contribution is 0.650. The first-order chi connectivity index (χ1) is 6.16. The molecule has 1 aromatic rings. The monoisotopic (exact) mass is 179 g/mol. The summed E-state index contributed by atoms with van der Waals surface area (Å²) in [6, 6.07) is 0.750. The van der Waals surface area contributed by atoms with E-state index in [2.05, 4.69) is 30.5 Å². The number of aryl methyl sites for hydroxylation is 2. The second kappa shape index (κ2) is 3.14. The Hall–Kier alpha value is -0.830. The molecule has 1 aromatic heterocycles. The summed E-state index contributed by atoms with van der Waals surface area (Å²) in [6.07, 6.45) is 3.43. The van der Waals surface area contributed by atoms with Crippen LogP contribution in [-0.4, -0.2) is 15.8 Å². The second-order valence-corrected chi connectivity index (χ2v) is 4.11. The Balaban J connectivity index is 1.90. The van der Waals surface area contributed by atoms with Gasteiger partial charge in [-0.1, -0.05) is 6.92 Å². The van der Waals surface area contributed by atoms with Gasteiger partial charge in [-0.25, -0.2) is 0 Å². The molecule has 0 bridgehead atoms. The molecule has 0 aromatic carbocycles. The Morgan fingerprint density at radius 1 is 1.69 bits per heavy atom. The molecular weight excluding hydrogens is 162 g/mol. The van der Waals surface area contributed by atoms with Crippen molar-refractivity contribution in [2.24, 2.45) is 13.0 Å². The molecule has 1 aliphatic rings. The molecule has 0 aliphatic heterocycles. The molecule has 0 amide bonds. The maximum absolute atomic E-state index is 4.31. The minimum atomic E-state index is 0.750. The van der Waals surface area contributed by atoms with E-state index in [0.29, 0.717) is 0 Å². The van der Waals surface area contributed by atoms with Crippen molar-refractivity contribution in [3.63, 3.8) is 0 Å². The number of nitrogens with zero attached hydrogens (tertiary/aromatic N) is 2. The van der Waals surface area contributed by atoms with Crippen LogP contribution in [0.15, 0.2) is 6.20 Å². The van der Waals surface area contributed by atoms with Crippen molar-refractivity contribution in [1.29, 1.82) is 0 Å². The van der Waals surface area contributed by atoms with Crippen molar-refractivity contribution in [1.82, 2.24) is 15.1 Å². The fourth-order valence-corrected chi connectivity index (χ4v) is 1.67. The Kier molecular flexibility index (Phi) is 2.12. The smallest absolute Gasteiger partial charge is 0.0638 e. The highest BCUT2D eigenvalue weighted by Gasteiger charge is 2.31. The van der Waals surface area contributed by atoms with Crippen molar-refractivity contribution >= 4 is 0 Å². The van der Waals surface area contributed by atoms with Crippen molar-refractivity contribution in [2.75, 3.05) is 0 Å². The molecule has 0 radical (unpaired) electrons. The van der Waals surface area contributed by atoms with Gasteiger partial charge in [0.2, 0.25) is 0 Å². The number of hydrogen-bond donors (Lipinski definition) is 1. The topological polar surface area (TPSA) is 29.9 Å². The van der Waals surface area contributed by atoms with E-state index in [-0.39, 0.29) is 0 Å². The summed E-state index contributed by atoms with van der Waals surface area (Å²) in [6.45, 7) is 5.32. The van der Waals surface area contributed by atoms with E-state index in [4.69, 9.17) is 0 Å². The van der Waals surface area contributed by atoms with Crippen molar-refractivity contribution in [3.8, 4) is 0 Å². The van der Waals surface area contributed by atoms with Crippen LogP contribution in [0.5, 0.6) is 0 Å². The van der Waals surface area contributed by atoms with E-state index in [0.717, 1.165) is 24.2 Å². The van der Waals surface area contributed by atoms with Crippen LogP contribution in [0, 0.1) is 12.8 Å². The van der Waals surface area contributed by atoms with Gasteiger partial charge in [-0.3, -0.25) is 4.68 Å². The molecule has 1 N–H and O–H groups in total. The predicted molar refractivity (Wildman–Crippen MR) is 52.4 cm³/mol. The van der Waals surface area contributed by atoms with Crippen LogP contribution < -0.4 is 5.32 Å². The first-order valence-corrected chi connectivity index (χ1v) is 4.89. The molecule has 3 heteroatoms. The summed E-state index contributed by atoms with van der Waals surface area (Å²) in [4.78, 5) is 0. The minimum Gasteiger partial charge on any atom is -0.310 e. The summed E-state index contributed by atoms with van der Waals surface area (Å²) >= 11 is 0. The van der Waals surface area contributed by atoms with Gasteiger partial charge in [0, 0.05) is 31.4 Å². The fraction of sp³-hybridized carbons (Fsp3) is 0.700. The van der Waals surface area contributed by atoms with Crippen LogP contribution in [0.2, 0.25) is 0 Å².